The van der Waals surface area contributed by atoms with Crippen molar-refractivity contribution in [2.24, 2.45) is 0 Å². The molecule has 2 rings (SSSR count). The number of nitrogens with zero attached hydrogens (tertiary/aromatic N) is 1. The van der Waals surface area contributed by atoms with E-state index in [0.717, 1.165) is 6.42 Å². The van der Waals surface area contributed by atoms with Gasteiger partial charge in [0, 0.05) is 18.8 Å². The first-order valence-electron chi connectivity index (χ1n) is 6.00. The highest BCUT2D eigenvalue weighted by Gasteiger charge is 2.19. The minimum absolute atomic E-state index is 0.149. The lowest BCUT2D eigenvalue weighted by Gasteiger charge is -2.27. The number of benzene rings is 1. The lowest BCUT2D eigenvalue weighted by Crippen LogP contribution is -2.46. The first-order valence-corrected chi connectivity index (χ1v) is 6.00. The number of nitrogens with one attached hydrogen (secondary N) is 1. The first-order chi connectivity index (χ1) is 8.18. The van der Waals surface area contributed by atoms with E-state index in [0.29, 0.717) is 24.3 Å². The number of carbonyl (C=O) groups excluding carboxylic acids is 1. The van der Waals surface area contributed by atoms with Crippen molar-refractivity contribution in [2.75, 3.05) is 18.0 Å². The van der Waals surface area contributed by atoms with Crippen LogP contribution in [0.4, 0.5) is 14.9 Å². The van der Waals surface area contributed by atoms with E-state index >= 15 is 0 Å². The zero-order chi connectivity index (χ0) is 12.8. The van der Waals surface area contributed by atoms with Gasteiger partial charge in [0.2, 0.25) is 0 Å². The minimum atomic E-state index is -0.272. The number of carbonyl (C=O) groups is 1. The summed E-state index contributed by atoms with van der Waals surface area (Å²) < 4.78 is 13.3. The molecule has 4 heteroatoms. The van der Waals surface area contributed by atoms with Crippen LogP contribution < -0.4 is 10.2 Å². The van der Waals surface area contributed by atoms with Gasteiger partial charge in [0.05, 0.1) is 0 Å². The quantitative estimate of drug-likeness (QED) is 0.801. The summed E-state index contributed by atoms with van der Waals surface area (Å²) in [6, 6.07) is 4.71. The summed E-state index contributed by atoms with van der Waals surface area (Å²) in [5.41, 5.74) is 1.21. The molecule has 0 atom stereocenters. The zero-order valence-electron chi connectivity index (χ0n) is 10.6. The molecule has 3 nitrogen and oxygen atoms in total. The highest BCUT2D eigenvalue weighted by Crippen LogP contribution is 2.19. The van der Waals surface area contributed by atoms with Crippen molar-refractivity contribution < 1.29 is 9.18 Å². The molecule has 1 fully saturated rings. The van der Waals surface area contributed by atoms with Crippen molar-refractivity contribution in [3.05, 3.63) is 29.6 Å². The maximum absolute atomic E-state index is 13.3. The Balaban J connectivity index is 0.000000686. The largest absolute Gasteiger partial charge is 0.338 e. The Kier molecular flexibility index (Phi) is 4.94. The average Bonchev–Trinajstić information content (AvgIpc) is 2.36. The summed E-state index contributed by atoms with van der Waals surface area (Å²) in [5.74, 6) is -0.272. The Bertz CT molecular complexity index is 393. The van der Waals surface area contributed by atoms with Crippen LogP contribution in [-0.2, 0) is 0 Å². The van der Waals surface area contributed by atoms with Crippen LogP contribution in [0.3, 0.4) is 0 Å². The maximum atomic E-state index is 13.3. The normalized spacial score (nSPS) is 14.8. The zero-order valence-corrected chi connectivity index (χ0v) is 10.6. The van der Waals surface area contributed by atoms with E-state index in [1.165, 1.54) is 6.07 Å². The molecular weight excluding hydrogens is 219 g/mol. The lowest BCUT2D eigenvalue weighted by atomic mass is 10.2. The Morgan fingerprint density at radius 3 is 2.65 bits per heavy atom. The topological polar surface area (TPSA) is 32.3 Å². The second-order valence-corrected chi connectivity index (χ2v) is 3.67. The molecule has 0 spiro atoms. The van der Waals surface area contributed by atoms with Gasteiger partial charge in [-0.3, -0.25) is 4.90 Å². The molecule has 1 aliphatic heterocycles. The van der Waals surface area contributed by atoms with E-state index in [2.05, 4.69) is 5.32 Å². The van der Waals surface area contributed by atoms with Crippen LogP contribution in [0, 0.1) is 12.7 Å². The summed E-state index contributed by atoms with van der Waals surface area (Å²) in [5, 5.41) is 2.73. The predicted molar refractivity (Wildman–Crippen MR) is 67.8 cm³/mol. The first kappa shape index (κ1) is 13.5. The van der Waals surface area contributed by atoms with Crippen molar-refractivity contribution in [3.63, 3.8) is 0 Å². The van der Waals surface area contributed by atoms with Gasteiger partial charge in [0.25, 0.3) is 0 Å². The Morgan fingerprint density at radius 2 is 2.06 bits per heavy atom. The van der Waals surface area contributed by atoms with Crippen molar-refractivity contribution in [2.45, 2.75) is 27.2 Å². The number of urea groups is 1. The molecule has 0 radical (unpaired) electrons. The molecule has 1 aliphatic rings. The van der Waals surface area contributed by atoms with E-state index < -0.39 is 0 Å². The summed E-state index contributed by atoms with van der Waals surface area (Å²) in [6.07, 6.45) is 0.890. The van der Waals surface area contributed by atoms with Crippen molar-refractivity contribution in [3.8, 4) is 0 Å². The minimum Gasteiger partial charge on any atom is -0.338 e. The Morgan fingerprint density at radius 1 is 1.35 bits per heavy atom. The van der Waals surface area contributed by atoms with Crippen LogP contribution in [0.5, 0.6) is 0 Å². The van der Waals surface area contributed by atoms with Gasteiger partial charge in [0.1, 0.15) is 5.82 Å². The van der Waals surface area contributed by atoms with Crippen molar-refractivity contribution >= 4 is 11.7 Å². The third-order valence-corrected chi connectivity index (χ3v) is 2.55. The summed E-state index contributed by atoms with van der Waals surface area (Å²) >= 11 is 0. The predicted octanol–water partition coefficient (Wildman–Crippen LogP) is 3.08. The van der Waals surface area contributed by atoms with Crippen LogP contribution in [-0.4, -0.2) is 19.1 Å². The maximum Gasteiger partial charge on any atom is 0.321 e. The fourth-order valence-corrected chi connectivity index (χ4v) is 1.63. The SMILES string of the molecule is CC.Cc1ccc(N2CCCNC2=O)cc1F. The number of hydrogen-bond acceptors (Lipinski definition) is 1. The molecule has 0 unspecified atom stereocenters. The van der Waals surface area contributed by atoms with Crippen LogP contribution in [0.1, 0.15) is 25.8 Å². The van der Waals surface area contributed by atoms with Gasteiger partial charge in [-0.05, 0) is 31.0 Å². The molecule has 0 aromatic heterocycles. The monoisotopic (exact) mass is 238 g/mol. The summed E-state index contributed by atoms with van der Waals surface area (Å²) in [7, 11) is 0. The van der Waals surface area contributed by atoms with Gasteiger partial charge in [0.15, 0.2) is 0 Å². The van der Waals surface area contributed by atoms with Crippen LogP contribution in [0.2, 0.25) is 0 Å². The number of aryl methyl sites for hydroxylation is 1. The molecule has 1 aromatic carbocycles. The Hall–Kier alpha value is -1.58. The molecule has 1 saturated heterocycles. The molecule has 0 saturated carbocycles. The number of anilines is 1. The molecule has 17 heavy (non-hydrogen) atoms. The molecule has 94 valence electrons. The second-order valence-electron chi connectivity index (χ2n) is 3.67. The lowest BCUT2D eigenvalue weighted by molar-refractivity contribution is 0.243. The molecular formula is C13H19FN2O. The number of hydrogen-bond donors (Lipinski definition) is 1. The highest BCUT2D eigenvalue weighted by atomic mass is 19.1. The fourth-order valence-electron chi connectivity index (χ4n) is 1.63. The van der Waals surface area contributed by atoms with Crippen LogP contribution in [0.25, 0.3) is 0 Å². The van der Waals surface area contributed by atoms with Gasteiger partial charge in [-0.2, -0.15) is 0 Å². The van der Waals surface area contributed by atoms with Gasteiger partial charge in [-0.1, -0.05) is 19.9 Å². The molecule has 0 bridgehead atoms. The van der Waals surface area contributed by atoms with Gasteiger partial charge < -0.3 is 5.32 Å². The smallest absolute Gasteiger partial charge is 0.321 e. The molecule has 1 heterocycles. The number of amides is 2. The van der Waals surface area contributed by atoms with Crippen molar-refractivity contribution in [1.29, 1.82) is 0 Å². The summed E-state index contributed by atoms with van der Waals surface area (Å²) in [6.45, 7) is 7.05. The molecule has 0 aliphatic carbocycles. The number of rotatable bonds is 1. The second kappa shape index (κ2) is 6.23. The van der Waals surface area contributed by atoms with E-state index in [1.807, 2.05) is 13.8 Å². The third kappa shape index (κ3) is 3.19. The summed E-state index contributed by atoms with van der Waals surface area (Å²) in [4.78, 5) is 13.0. The Labute approximate surface area is 102 Å². The average molecular weight is 238 g/mol. The van der Waals surface area contributed by atoms with Crippen LogP contribution >= 0.6 is 0 Å². The standard InChI is InChI=1S/C11H13FN2O.C2H6/c1-8-3-4-9(7-10(8)12)14-6-2-5-13-11(14)15;1-2/h3-4,7H,2,5-6H2,1H3,(H,13,15);1-2H3. The van der Waals surface area contributed by atoms with Crippen molar-refractivity contribution in [1.82, 2.24) is 5.32 Å². The molecule has 1 N–H and O–H groups in total. The van der Waals surface area contributed by atoms with E-state index in [9.17, 15) is 9.18 Å². The van der Waals surface area contributed by atoms with Crippen LogP contribution in [0.15, 0.2) is 18.2 Å². The molecule has 1 aromatic rings. The van der Waals surface area contributed by atoms with Gasteiger partial charge in [-0.15, -0.1) is 0 Å². The van der Waals surface area contributed by atoms with E-state index in [-0.39, 0.29) is 11.8 Å². The van der Waals surface area contributed by atoms with E-state index in [1.54, 1.807) is 24.0 Å². The molecule has 2 amide bonds. The number of halogens is 1. The van der Waals surface area contributed by atoms with Gasteiger partial charge >= 0.3 is 6.03 Å². The fraction of sp³-hybridized carbons (Fsp3) is 0.462. The third-order valence-electron chi connectivity index (χ3n) is 2.55. The van der Waals surface area contributed by atoms with Gasteiger partial charge in [-0.25, -0.2) is 9.18 Å². The van der Waals surface area contributed by atoms with E-state index in [4.69, 9.17) is 0 Å². The highest BCUT2D eigenvalue weighted by molar-refractivity contribution is 5.92.